The molecule has 1 N–H and O–H groups in total. The van der Waals surface area contributed by atoms with Gasteiger partial charge in [0.2, 0.25) is 5.95 Å². The minimum atomic E-state index is -0.480. The standard InChI is InChI=1S/C22H21ClN4O3/c1-3-29-21(28)19-14(2)26-22-24-13-25-27(22)20(19)15-8-6-9-17(11-15)30-12-16-7-4-5-10-18(16)23/h4-11,13,20H,3,12H2,1-2H3,(H,24,25,26). The van der Waals surface area contributed by atoms with E-state index in [9.17, 15) is 4.79 Å². The largest absolute Gasteiger partial charge is 0.489 e. The molecule has 0 aliphatic carbocycles. The number of fused-ring (bicyclic) bond motifs is 1. The van der Waals surface area contributed by atoms with Crippen molar-refractivity contribution in [3.63, 3.8) is 0 Å². The van der Waals surface area contributed by atoms with Crippen LogP contribution in [0.5, 0.6) is 5.75 Å². The highest BCUT2D eigenvalue weighted by atomic mass is 35.5. The fraction of sp³-hybridized carbons (Fsp3) is 0.227. The van der Waals surface area contributed by atoms with Crippen LogP contribution in [0, 0.1) is 0 Å². The van der Waals surface area contributed by atoms with Gasteiger partial charge in [-0.05, 0) is 37.6 Å². The first-order valence-corrected chi connectivity index (χ1v) is 9.97. The molecule has 1 aliphatic rings. The zero-order valence-electron chi connectivity index (χ0n) is 16.6. The number of hydrogen-bond donors (Lipinski definition) is 1. The van der Waals surface area contributed by atoms with E-state index in [-0.39, 0.29) is 6.61 Å². The van der Waals surface area contributed by atoms with Crippen molar-refractivity contribution < 1.29 is 14.3 Å². The molecule has 0 radical (unpaired) electrons. The summed E-state index contributed by atoms with van der Waals surface area (Å²) in [4.78, 5) is 17.0. The molecule has 1 atom stereocenters. The minimum Gasteiger partial charge on any atom is -0.489 e. The Bertz CT molecular complexity index is 1110. The van der Waals surface area contributed by atoms with Gasteiger partial charge in [0.1, 0.15) is 24.7 Å². The molecule has 0 spiro atoms. The summed E-state index contributed by atoms with van der Waals surface area (Å²) < 4.78 is 12.9. The van der Waals surface area contributed by atoms with E-state index in [1.54, 1.807) is 11.6 Å². The van der Waals surface area contributed by atoms with E-state index < -0.39 is 12.0 Å². The topological polar surface area (TPSA) is 78.3 Å². The van der Waals surface area contributed by atoms with Gasteiger partial charge >= 0.3 is 5.97 Å². The second kappa shape index (κ2) is 8.59. The molecule has 7 nitrogen and oxygen atoms in total. The van der Waals surface area contributed by atoms with Crippen LogP contribution in [0.3, 0.4) is 0 Å². The maximum atomic E-state index is 12.7. The van der Waals surface area contributed by atoms with E-state index in [0.29, 0.717) is 34.6 Å². The quantitative estimate of drug-likeness (QED) is 0.592. The van der Waals surface area contributed by atoms with Gasteiger partial charge in [-0.15, -0.1) is 0 Å². The van der Waals surface area contributed by atoms with Gasteiger partial charge in [0.05, 0.1) is 12.2 Å². The Hall–Kier alpha value is -3.32. The van der Waals surface area contributed by atoms with Crippen LogP contribution in [-0.2, 0) is 16.1 Å². The molecule has 1 unspecified atom stereocenters. The molecular formula is C22H21ClN4O3. The highest BCUT2D eigenvalue weighted by Crippen LogP contribution is 2.36. The molecule has 3 aromatic rings. The maximum Gasteiger partial charge on any atom is 0.338 e. The smallest absolute Gasteiger partial charge is 0.338 e. The van der Waals surface area contributed by atoms with E-state index in [0.717, 1.165) is 11.1 Å². The van der Waals surface area contributed by atoms with Gasteiger partial charge in [0.15, 0.2) is 0 Å². The molecular weight excluding hydrogens is 404 g/mol. The Balaban J connectivity index is 1.67. The zero-order valence-corrected chi connectivity index (χ0v) is 17.4. The Morgan fingerprint density at radius 1 is 1.23 bits per heavy atom. The summed E-state index contributed by atoms with van der Waals surface area (Å²) in [6.45, 7) is 4.23. The van der Waals surface area contributed by atoms with Crippen LogP contribution in [0.15, 0.2) is 66.1 Å². The lowest BCUT2D eigenvalue weighted by Crippen LogP contribution is -2.29. The number of rotatable bonds is 6. The third-order valence-electron chi connectivity index (χ3n) is 4.82. The number of halogens is 1. The van der Waals surface area contributed by atoms with Crippen molar-refractivity contribution in [3.05, 3.63) is 82.3 Å². The highest BCUT2D eigenvalue weighted by molar-refractivity contribution is 6.31. The van der Waals surface area contributed by atoms with Crippen LogP contribution in [-0.4, -0.2) is 27.3 Å². The minimum absolute atomic E-state index is 0.285. The van der Waals surface area contributed by atoms with Crippen LogP contribution < -0.4 is 10.1 Å². The molecule has 1 aromatic heterocycles. The monoisotopic (exact) mass is 424 g/mol. The molecule has 0 fully saturated rings. The summed E-state index contributed by atoms with van der Waals surface area (Å²) in [5.41, 5.74) is 2.90. The number of carbonyl (C=O) groups is 1. The van der Waals surface area contributed by atoms with Crippen molar-refractivity contribution in [2.45, 2.75) is 26.5 Å². The van der Waals surface area contributed by atoms with Crippen LogP contribution in [0.2, 0.25) is 5.02 Å². The second-order valence-corrected chi connectivity index (χ2v) is 7.17. The summed E-state index contributed by atoms with van der Waals surface area (Å²) in [5, 5.41) is 8.09. The van der Waals surface area contributed by atoms with Crippen LogP contribution >= 0.6 is 11.6 Å². The molecule has 1 aliphatic heterocycles. The van der Waals surface area contributed by atoms with Crippen molar-refractivity contribution in [2.24, 2.45) is 0 Å². The number of nitrogens with zero attached hydrogens (tertiary/aromatic N) is 3. The molecule has 0 amide bonds. The Kier molecular flexibility index (Phi) is 5.72. The van der Waals surface area contributed by atoms with Gasteiger partial charge < -0.3 is 14.8 Å². The number of aromatic nitrogens is 3. The van der Waals surface area contributed by atoms with Gasteiger partial charge in [-0.25, -0.2) is 9.48 Å². The number of anilines is 1. The predicted molar refractivity (Wildman–Crippen MR) is 113 cm³/mol. The van der Waals surface area contributed by atoms with E-state index in [4.69, 9.17) is 21.1 Å². The predicted octanol–water partition coefficient (Wildman–Crippen LogP) is 4.36. The van der Waals surface area contributed by atoms with Gasteiger partial charge in [0, 0.05) is 16.3 Å². The van der Waals surface area contributed by atoms with Crippen molar-refractivity contribution in [3.8, 4) is 5.75 Å². The zero-order chi connectivity index (χ0) is 21.1. The van der Waals surface area contributed by atoms with E-state index in [1.165, 1.54) is 6.33 Å². The molecule has 4 rings (SSSR count). The normalized spacial score (nSPS) is 15.4. The lowest BCUT2D eigenvalue weighted by Gasteiger charge is -2.28. The van der Waals surface area contributed by atoms with E-state index >= 15 is 0 Å². The first kappa shape index (κ1) is 20.0. The number of hydrogen-bond acceptors (Lipinski definition) is 6. The summed E-state index contributed by atoms with van der Waals surface area (Å²) in [7, 11) is 0. The number of carbonyl (C=O) groups excluding carboxylic acids is 1. The number of esters is 1. The van der Waals surface area contributed by atoms with Crippen LogP contribution in [0.4, 0.5) is 5.95 Å². The van der Waals surface area contributed by atoms with Gasteiger partial charge in [-0.2, -0.15) is 10.1 Å². The Labute approximate surface area is 179 Å². The summed E-state index contributed by atoms with van der Waals surface area (Å²) in [6, 6.07) is 14.6. The Morgan fingerprint density at radius 2 is 2.07 bits per heavy atom. The van der Waals surface area contributed by atoms with Gasteiger partial charge in [0.25, 0.3) is 0 Å². The van der Waals surface area contributed by atoms with E-state index in [1.807, 2.05) is 55.5 Å². The molecule has 0 bridgehead atoms. The van der Waals surface area contributed by atoms with Gasteiger partial charge in [-0.1, -0.05) is 41.9 Å². The van der Waals surface area contributed by atoms with Crippen molar-refractivity contribution >= 4 is 23.5 Å². The molecule has 8 heteroatoms. The van der Waals surface area contributed by atoms with Crippen molar-refractivity contribution in [2.75, 3.05) is 11.9 Å². The van der Waals surface area contributed by atoms with Crippen molar-refractivity contribution in [1.29, 1.82) is 0 Å². The number of benzene rings is 2. The molecule has 30 heavy (non-hydrogen) atoms. The number of nitrogens with one attached hydrogen (secondary N) is 1. The third-order valence-corrected chi connectivity index (χ3v) is 5.18. The average Bonchev–Trinajstić information content (AvgIpc) is 3.20. The van der Waals surface area contributed by atoms with Crippen LogP contribution in [0.1, 0.15) is 31.0 Å². The molecule has 154 valence electrons. The fourth-order valence-electron chi connectivity index (χ4n) is 3.42. The van der Waals surface area contributed by atoms with E-state index in [2.05, 4.69) is 15.4 Å². The van der Waals surface area contributed by atoms with Crippen molar-refractivity contribution in [1.82, 2.24) is 14.8 Å². The van der Waals surface area contributed by atoms with Crippen LogP contribution in [0.25, 0.3) is 0 Å². The Morgan fingerprint density at radius 3 is 2.87 bits per heavy atom. The number of ether oxygens (including phenoxy) is 2. The first-order valence-electron chi connectivity index (χ1n) is 9.59. The highest BCUT2D eigenvalue weighted by Gasteiger charge is 2.34. The lowest BCUT2D eigenvalue weighted by molar-refractivity contribution is -0.139. The SMILES string of the molecule is CCOC(=O)C1=C(C)Nc2ncnn2C1c1cccc(OCc2ccccc2Cl)c1. The molecule has 0 saturated heterocycles. The summed E-state index contributed by atoms with van der Waals surface area (Å²) in [5.74, 6) is 0.831. The lowest BCUT2D eigenvalue weighted by atomic mass is 9.95. The molecule has 2 heterocycles. The van der Waals surface area contributed by atoms with Gasteiger partial charge in [-0.3, -0.25) is 0 Å². The second-order valence-electron chi connectivity index (χ2n) is 6.77. The number of allylic oxidation sites excluding steroid dienone is 1. The molecule has 2 aromatic carbocycles. The first-order chi connectivity index (χ1) is 14.6. The average molecular weight is 425 g/mol. The maximum absolute atomic E-state index is 12.7. The molecule has 0 saturated carbocycles. The summed E-state index contributed by atoms with van der Waals surface area (Å²) >= 11 is 6.22. The third kappa shape index (κ3) is 3.89. The summed E-state index contributed by atoms with van der Waals surface area (Å²) in [6.07, 6.45) is 1.45. The fourth-order valence-corrected chi connectivity index (χ4v) is 3.61.